The lowest BCUT2D eigenvalue weighted by atomic mass is 10.1. The predicted molar refractivity (Wildman–Crippen MR) is 127 cm³/mol. The number of carbonyl (C=O) groups is 2. The standard InChI is InChI=1S/C22H17ClN4O2S2/c1-12-19(31-21(24-12)15-4-3-5-16(23)10-15)20(29)27-22-26-18(11-30-22)14-6-8-17(9-7-14)25-13(2)28/h3-11H,1-2H3,(H,25,28)(H,26,27,29). The SMILES string of the molecule is CC(=O)Nc1ccc(-c2csc(NC(=O)c3sc(-c4cccc(Cl)c4)nc3C)n2)cc1. The first-order valence-electron chi connectivity index (χ1n) is 9.27. The number of carbonyl (C=O) groups excluding carboxylic acids is 2. The summed E-state index contributed by atoms with van der Waals surface area (Å²) in [5.74, 6) is -0.367. The summed E-state index contributed by atoms with van der Waals surface area (Å²) < 4.78 is 0. The normalized spacial score (nSPS) is 10.7. The smallest absolute Gasteiger partial charge is 0.269 e. The number of aryl methyl sites for hydroxylation is 1. The van der Waals surface area contributed by atoms with E-state index in [1.807, 2.05) is 54.8 Å². The highest BCUT2D eigenvalue weighted by atomic mass is 35.5. The zero-order chi connectivity index (χ0) is 22.0. The third-order valence-electron chi connectivity index (χ3n) is 4.30. The van der Waals surface area contributed by atoms with E-state index in [1.54, 1.807) is 6.07 Å². The van der Waals surface area contributed by atoms with Crippen molar-refractivity contribution in [3.8, 4) is 21.8 Å². The molecule has 0 aliphatic heterocycles. The second-order valence-electron chi connectivity index (χ2n) is 6.69. The Bertz CT molecular complexity index is 1260. The van der Waals surface area contributed by atoms with Gasteiger partial charge in [-0.05, 0) is 31.2 Å². The van der Waals surface area contributed by atoms with Crippen molar-refractivity contribution >= 4 is 56.9 Å². The van der Waals surface area contributed by atoms with Gasteiger partial charge in [0.05, 0.1) is 11.4 Å². The Balaban J connectivity index is 1.49. The van der Waals surface area contributed by atoms with E-state index in [0.717, 1.165) is 27.5 Å². The van der Waals surface area contributed by atoms with Crippen LogP contribution in [0.3, 0.4) is 0 Å². The Morgan fingerprint density at radius 1 is 1.00 bits per heavy atom. The Kier molecular flexibility index (Phi) is 6.13. The molecule has 156 valence electrons. The number of nitrogens with zero attached hydrogens (tertiary/aromatic N) is 2. The van der Waals surface area contributed by atoms with Crippen LogP contribution in [0.4, 0.5) is 10.8 Å². The molecule has 9 heteroatoms. The minimum Gasteiger partial charge on any atom is -0.326 e. The molecule has 0 unspecified atom stereocenters. The number of anilines is 2. The fourth-order valence-corrected chi connectivity index (χ4v) is 4.76. The van der Waals surface area contributed by atoms with Crippen molar-refractivity contribution in [2.45, 2.75) is 13.8 Å². The molecule has 4 rings (SSSR count). The molecule has 31 heavy (non-hydrogen) atoms. The molecular weight excluding hydrogens is 452 g/mol. The number of benzene rings is 2. The van der Waals surface area contributed by atoms with Crippen molar-refractivity contribution in [2.24, 2.45) is 0 Å². The van der Waals surface area contributed by atoms with Gasteiger partial charge in [-0.25, -0.2) is 9.97 Å². The fourth-order valence-electron chi connectivity index (χ4n) is 2.90. The topological polar surface area (TPSA) is 84.0 Å². The summed E-state index contributed by atoms with van der Waals surface area (Å²) in [7, 11) is 0. The van der Waals surface area contributed by atoms with Gasteiger partial charge in [0.25, 0.3) is 5.91 Å². The summed E-state index contributed by atoms with van der Waals surface area (Å²) in [6.45, 7) is 3.27. The van der Waals surface area contributed by atoms with E-state index in [4.69, 9.17) is 11.6 Å². The molecule has 0 saturated heterocycles. The largest absolute Gasteiger partial charge is 0.326 e. The van der Waals surface area contributed by atoms with Crippen LogP contribution in [0.25, 0.3) is 21.8 Å². The monoisotopic (exact) mass is 468 g/mol. The van der Waals surface area contributed by atoms with Crippen LogP contribution in [0.5, 0.6) is 0 Å². The van der Waals surface area contributed by atoms with Gasteiger partial charge in [0.2, 0.25) is 5.91 Å². The molecule has 2 heterocycles. The number of hydrogen-bond acceptors (Lipinski definition) is 6. The molecule has 6 nitrogen and oxygen atoms in total. The number of halogens is 1. The van der Waals surface area contributed by atoms with Gasteiger partial charge < -0.3 is 5.32 Å². The lowest BCUT2D eigenvalue weighted by molar-refractivity contribution is -0.114. The van der Waals surface area contributed by atoms with Crippen LogP contribution in [0, 0.1) is 6.92 Å². The Morgan fingerprint density at radius 2 is 1.77 bits per heavy atom. The predicted octanol–water partition coefficient (Wildman–Crippen LogP) is 6.11. The quantitative estimate of drug-likeness (QED) is 0.370. The number of amides is 2. The molecule has 0 radical (unpaired) electrons. The number of hydrogen-bond donors (Lipinski definition) is 2. The number of thiazole rings is 2. The van der Waals surface area contributed by atoms with Gasteiger partial charge in [-0.3, -0.25) is 14.9 Å². The first-order chi connectivity index (χ1) is 14.9. The van der Waals surface area contributed by atoms with Crippen molar-refractivity contribution in [1.82, 2.24) is 9.97 Å². The second kappa shape index (κ2) is 8.97. The molecule has 2 amide bonds. The van der Waals surface area contributed by atoms with Gasteiger partial charge in [-0.2, -0.15) is 0 Å². The highest BCUT2D eigenvalue weighted by Crippen LogP contribution is 2.31. The van der Waals surface area contributed by atoms with E-state index < -0.39 is 0 Å². The van der Waals surface area contributed by atoms with Crippen LogP contribution in [-0.2, 0) is 4.79 Å². The van der Waals surface area contributed by atoms with E-state index in [2.05, 4.69) is 20.6 Å². The summed E-state index contributed by atoms with van der Waals surface area (Å²) in [5.41, 5.74) is 3.89. The number of rotatable bonds is 5. The highest BCUT2D eigenvalue weighted by molar-refractivity contribution is 7.17. The summed E-state index contributed by atoms with van der Waals surface area (Å²) in [6, 6.07) is 14.8. The number of nitrogens with one attached hydrogen (secondary N) is 2. The average molecular weight is 469 g/mol. The van der Waals surface area contributed by atoms with E-state index in [1.165, 1.54) is 29.6 Å². The van der Waals surface area contributed by atoms with E-state index in [9.17, 15) is 9.59 Å². The second-order valence-corrected chi connectivity index (χ2v) is 8.99. The molecular formula is C22H17ClN4O2S2. The summed E-state index contributed by atoms with van der Waals surface area (Å²) in [5, 5.41) is 9.33. The number of aromatic nitrogens is 2. The molecule has 2 aromatic carbocycles. The molecule has 2 N–H and O–H groups in total. The van der Waals surface area contributed by atoms with Crippen molar-refractivity contribution in [2.75, 3.05) is 10.6 Å². The van der Waals surface area contributed by atoms with Gasteiger partial charge in [-0.1, -0.05) is 35.9 Å². The van der Waals surface area contributed by atoms with Crippen molar-refractivity contribution < 1.29 is 9.59 Å². The summed E-state index contributed by atoms with van der Waals surface area (Å²) in [4.78, 5) is 33.5. The van der Waals surface area contributed by atoms with E-state index in [0.29, 0.717) is 20.7 Å². The van der Waals surface area contributed by atoms with Crippen LogP contribution >= 0.6 is 34.3 Å². The van der Waals surface area contributed by atoms with Gasteiger partial charge in [0.15, 0.2) is 5.13 Å². The van der Waals surface area contributed by atoms with Gasteiger partial charge >= 0.3 is 0 Å². The first kappa shape index (κ1) is 21.2. The Morgan fingerprint density at radius 3 is 2.48 bits per heavy atom. The van der Waals surface area contributed by atoms with Crippen molar-refractivity contribution in [1.29, 1.82) is 0 Å². The molecule has 0 fully saturated rings. The Hall–Kier alpha value is -3.07. The van der Waals surface area contributed by atoms with Crippen molar-refractivity contribution in [3.63, 3.8) is 0 Å². The third kappa shape index (κ3) is 4.99. The van der Waals surface area contributed by atoms with Crippen LogP contribution in [0.2, 0.25) is 5.02 Å². The fraction of sp³-hybridized carbons (Fsp3) is 0.0909. The Labute approximate surface area is 192 Å². The van der Waals surface area contributed by atoms with E-state index in [-0.39, 0.29) is 11.8 Å². The lowest BCUT2D eigenvalue weighted by Crippen LogP contribution is -2.11. The van der Waals surface area contributed by atoms with Gasteiger partial charge in [0, 0.05) is 34.1 Å². The minimum atomic E-state index is -0.245. The van der Waals surface area contributed by atoms with Crippen LogP contribution in [0.1, 0.15) is 22.3 Å². The molecule has 0 aliphatic rings. The van der Waals surface area contributed by atoms with Crippen LogP contribution in [0.15, 0.2) is 53.9 Å². The molecule has 4 aromatic rings. The average Bonchev–Trinajstić information content (AvgIpc) is 3.35. The first-order valence-corrected chi connectivity index (χ1v) is 11.3. The molecule has 0 aliphatic carbocycles. The summed E-state index contributed by atoms with van der Waals surface area (Å²) >= 11 is 8.73. The zero-order valence-corrected chi connectivity index (χ0v) is 19.0. The van der Waals surface area contributed by atoms with Gasteiger partial charge in [-0.15, -0.1) is 22.7 Å². The molecule has 0 bridgehead atoms. The third-order valence-corrected chi connectivity index (χ3v) is 6.50. The zero-order valence-electron chi connectivity index (χ0n) is 16.6. The molecule has 0 atom stereocenters. The maximum atomic E-state index is 12.8. The van der Waals surface area contributed by atoms with Crippen LogP contribution in [-0.4, -0.2) is 21.8 Å². The van der Waals surface area contributed by atoms with E-state index >= 15 is 0 Å². The van der Waals surface area contributed by atoms with Gasteiger partial charge in [0.1, 0.15) is 9.88 Å². The maximum absolute atomic E-state index is 12.8. The summed E-state index contributed by atoms with van der Waals surface area (Å²) in [6.07, 6.45) is 0. The molecule has 2 aromatic heterocycles. The lowest BCUT2D eigenvalue weighted by Gasteiger charge is -2.03. The van der Waals surface area contributed by atoms with Crippen LogP contribution < -0.4 is 10.6 Å². The molecule has 0 spiro atoms. The van der Waals surface area contributed by atoms with Crippen molar-refractivity contribution in [3.05, 3.63) is 69.5 Å². The molecule has 0 saturated carbocycles. The maximum Gasteiger partial charge on any atom is 0.269 e. The highest BCUT2D eigenvalue weighted by Gasteiger charge is 2.18. The minimum absolute atomic E-state index is 0.122.